The maximum atomic E-state index is 10.9. The topological polar surface area (TPSA) is 74.0 Å². The zero-order chi connectivity index (χ0) is 20.9. The van der Waals surface area contributed by atoms with E-state index in [1.54, 1.807) is 12.1 Å². The summed E-state index contributed by atoms with van der Waals surface area (Å²) in [5.41, 5.74) is 2.54. The molecule has 2 atom stereocenters. The van der Waals surface area contributed by atoms with Gasteiger partial charge in [-0.2, -0.15) is 0 Å². The molecule has 2 aliphatic heterocycles. The van der Waals surface area contributed by atoms with Gasteiger partial charge in [0.1, 0.15) is 5.36 Å². The van der Waals surface area contributed by atoms with Crippen LogP contribution in [0.5, 0.6) is 5.75 Å². The van der Waals surface area contributed by atoms with E-state index in [0.29, 0.717) is 5.75 Å². The summed E-state index contributed by atoms with van der Waals surface area (Å²) in [6.45, 7) is 0. The standard InChI is InChI=1S/C25H18N2O4/c28-27(29)15-9-11-16(12-10-15)31-26-25-19-7-3-1-5-17(19)23-21-13-14-22(30-21)24(23)18-6-2-4-8-20(18)25/h1-12,21-22H,13-14H2/t21-,22-/m0/s1. The third-order valence-corrected chi connectivity index (χ3v) is 6.19. The molecule has 2 heterocycles. The normalized spacial score (nSPS) is 18.8. The van der Waals surface area contributed by atoms with E-state index in [4.69, 9.17) is 9.57 Å². The van der Waals surface area contributed by atoms with Crippen LogP contribution >= 0.6 is 0 Å². The van der Waals surface area contributed by atoms with Crippen LogP contribution in [0.1, 0.15) is 36.2 Å². The van der Waals surface area contributed by atoms with Crippen LogP contribution in [-0.4, -0.2) is 4.92 Å². The van der Waals surface area contributed by atoms with Gasteiger partial charge in [0.25, 0.3) is 5.69 Å². The summed E-state index contributed by atoms with van der Waals surface area (Å²) >= 11 is 0. The molecule has 0 spiro atoms. The first-order valence-electron chi connectivity index (χ1n) is 10.3. The summed E-state index contributed by atoms with van der Waals surface area (Å²) in [7, 11) is 0. The van der Waals surface area contributed by atoms with E-state index in [1.807, 2.05) is 24.3 Å². The van der Waals surface area contributed by atoms with Gasteiger partial charge in [-0.3, -0.25) is 10.1 Å². The lowest BCUT2D eigenvalue weighted by Gasteiger charge is -2.11. The first-order chi connectivity index (χ1) is 15.2. The van der Waals surface area contributed by atoms with E-state index in [9.17, 15) is 10.1 Å². The number of hydrogen-bond acceptors (Lipinski definition) is 5. The fraction of sp³-hybridized carbons (Fsp3) is 0.160. The van der Waals surface area contributed by atoms with Gasteiger partial charge in [-0.1, -0.05) is 53.7 Å². The quantitative estimate of drug-likeness (QED) is 0.321. The van der Waals surface area contributed by atoms with Gasteiger partial charge in [0.15, 0.2) is 5.75 Å². The second-order valence-corrected chi connectivity index (χ2v) is 7.89. The van der Waals surface area contributed by atoms with Crippen LogP contribution in [0.15, 0.2) is 78.0 Å². The molecule has 6 rings (SSSR count). The molecule has 0 radical (unpaired) electrons. The van der Waals surface area contributed by atoms with Gasteiger partial charge < -0.3 is 9.57 Å². The Balaban J connectivity index is 1.63. The van der Waals surface area contributed by atoms with E-state index >= 15 is 0 Å². The van der Waals surface area contributed by atoms with Crippen molar-refractivity contribution in [3.05, 3.63) is 99.4 Å². The van der Waals surface area contributed by atoms with E-state index in [2.05, 4.69) is 29.4 Å². The Morgan fingerprint density at radius 3 is 1.84 bits per heavy atom. The summed E-state index contributed by atoms with van der Waals surface area (Å²) < 4.78 is 6.28. The third-order valence-electron chi connectivity index (χ3n) is 6.19. The van der Waals surface area contributed by atoms with Gasteiger partial charge in [-0.25, -0.2) is 0 Å². The molecule has 1 saturated heterocycles. The van der Waals surface area contributed by atoms with Crippen molar-refractivity contribution >= 4 is 27.2 Å². The fourth-order valence-electron chi connectivity index (χ4n) is 4.87. The van der Waals surface area contributed by atoms with E-state index in [1.165, 1.54) is 23.3 Å². The molecular formula is C25H18N2O4. The maximum Gasteiger partial charge on any atom is 0.269 e. The van der Waals surface area contributed by atoms with Crippen molar-refractivity contribution in [2.75, 3.05) is 0 Å². The molecule has 0 aromatic heterocycles. The highest BCUT2D eigenvalue weighted by atomic mass is 16.6. The van der Waals surface area contributed by atoms with Crippen molar-refractivity contribution in [2.45, 2.75) is 25.0 Å². The van der Waals surface area contributed by atoms with Crippen molar-refractivity contribution in [1.29, 1.82) is 0 Å². The second-order valence-electron chi connectivity index (χ2n) is 7.89. The van der Waals surface area contributed by atoms with Crippen molar-refractivity contribution in [3.8, 4) is 5.75 Å². The van der Waals surface area contributed by atoms with Gasteiger partial charge in [-0.05, 0) is 46.9 Å². The molecule has 0 amide bonds. The van der Waals surface area contributed by atoms with Crippen molar-refractivity contribution in [1.82, 2.24) is 0 Å². The van der Waals surface area contributed by atoms with Gasteiger partial charge in [-0.15, -0.1) is 0 Å². The summed E-state index contributed by atoms with van der Waals surface area (Å²) in [5, 5.41) is 20.5. The van der Waals surface area contributed by atoms with E-state index in [-0.39, 0.29) is 17.9 Å². The van der Waals surface area contributed by atoms with Crippen LogP contribution in [0.25, 0.3) is 21.5 Å². The van der Waals surface area contributed by atoms with Crippen LogP contribution < -0.4 is 10.2 Å². The summed E-state index contributed by atoms with van der Waals surface area (Å²) in [5.74, 6) is 0.446. The highest BCUT2D eigenvalue weighted by Gasteiger charge is 2.40. The average molecular weight is 410 g/mol. The number of nitrogens with zero attached hydrogens (tertiary/aromatic N) is 2. The highest BCUT2D eigenvalue weighted by Crippen LogP contribution is 2.53. The van der Waals surface area contributed by atoms with Crippen LogP contribution in [0, 0.1) is 10.1 Å². The lowest BCUT2D eigenvalue weighted by Crippen LogP contribution is -2.05. The third kappa shape index (κ3) is 2.79. The first-order valence-corrected chi connectivity index (χ1v) is 10.3. The molecule has 0 unspecified atom stereocenters. The zero-order valence-electron chi connectivity index (χ0n) is 16.5. The smallest absolute Gasteiger partial charge is 0.269 e. The molecule has 1 fully saturated rings. The first kappa shape index (κ1) is 18.0. The minimum atomic E-state index is -0.433. The summed E-state index contributed by atoms with van der Waals surface area (Å²) in [4.78, 5) is 16.2. The Hall–Kier alpha value is -3.77. The Morgan fingerprint density at radius 1 is 0.806 bits per heavy atom. The van der Waals surface area contributed by atoms with Crippen LogP contribution in [0.3, 0.4) is 0 Å². The van der Waals surface area contributed by atoms with Crippen molar-refractivity contribution in [3.63, 3.8) is 0 Å². The Morgan fingerprint density at radius 2 is 1.32 bits per heavy atom. The molecule has 6 heteroatoms. The predicted molar refractivity (Wildman–Crippen MR) is 117 cm³/mol. The van der Waals surface area contributed by atoms with Crippen molar-refractivity contribution < 1.29 is 14.5 Å². The van der Waals surface area contributed by atoms with Crippen LogP contribution in [-0.2, 0) is 4.74 Å². The zero-order valence-corrected chi connectivity index (χ0v) is 16.5. The molecule has 4 aromatic rings. The molecule has 6 nitrogen and oxygen atoms in total. The number of non-ortho nitro benzene ring substituents is 1. The molecule has 0 N–H and O–H groups in total. The SMILES string of the molecule is O=[N+]([O-])c1ccc(ON=c2c3ccccc3c3c(c4ccccc24)[C@@H]2CC[C@@H]3O2)cc1. The molecule has 31 heavy (non-hydrogen) atoms. The minimum absolute atomic E-state index is 0.0151. The fourth-order valence-corrected chi connectivity index (χ4v) is 4.87. The number of nitro benzene ring substituents is 1. The summed E-state index contributed by atoms with van der Waals surface area (Å²) in [6.07, 6.45) is 2.30. The van der Waals surface area contributed by atoms with Gasteiger partial charge >= 0.3 is 0 Å². The molecule has 0 saturated carbocycles. The highest BCUT2D eigenvalue weighted by molar-refractivity contribution is 5.98. The Kier molecular flexibility index (Phi) is 4.01. The number of rotatable bonds is 3. The molecule has 2 bridgehead atoms. The Bertz CT molecular complexity index is 1350. The maximum absolute atomic E-state index is 10.9. The van der Waals surface area contributed by atoms with Gasteiger partial charge in [0, 0.05) is 22.9 Å². The molecule has 152 valence electrons. The van der Waals surface area contributed by atoms with Gasteiger partial charge in [0.05, 0.1) is 17.1 Å². The van der Waals surface area contributed by atoms with E-state index < -0.39 is 4.92 Å². The Labute approximate surface area is 177 Å². The number of benzene rings is 3. The average Bonchev–Trinajstić information content (AvgIpc) is 3.39. The number of fused-ring (bicyclic) bond motifs is 9. The molecule has 0 aliphatic carbocycles. The van der Waals surface area contributed by atoms with Crippen LogP contribution in [0.2, 0.25) is 0 Å². The lowest BCUT2D eigenvalue weighted by atomic mass is 9.89. The van der Waals surface area contributed by atoms with Crippen LogP contribution in [0.4, 0.5) is 5.69 Å². The number of ether oxygens (including phenoxy) is 1. The second kappa shape index (κ2) is 6.89. The largest absolute Gasteiger partial charge is 0.366 e. The number of nitro groups is 1. The number of hydrogen-bond donors (Lipinski definition) is 0. The molecule has 4 aromatic carbocycles. The monoisotopic (exact) mass is 410 g/mol. The van der Waals surface area contributed by atoms with E-state index in [0.717, 1.165) is 39.7 Å². The molecular weight excluding hydrogens is 392 g/mol. The predicted octanol–water partition coefficient (Wildman–Crippen LogP) is 5.70. The molecule has 2 aliphatic rings. The van der Waals surface area contributed by atoms with Crippen molar-refractivity contribution in [2.24, 2.45) is 5.16 Å². The minimum Gasteiger partial charge on any atom is -0.366 e. The summed E-state index contributed by atoms with van der Waals surface area (Å²) in [6, 6.07) is 22.4. The van der Waals surface area contributed by atoms with Gasteiger partial charge in [0.2, 0.25) is 0 Å². The lowest BCUT2D eigenvalue weighted by molar-refractivity contribution is -0.384.